The van der Waals surface area contributed by atoms with Crippen LogP contribution in [0.4, 0.5) is 0 Å². The molecule has 0 unspecified atom stereocenters. The molecule has 7 heteroatoms. The molecule has 0 saturated heterocycles. The highest BCUT2D eigenvalue weighted by Crippen LogP contribution is 2.34. The summed E-state index contributed by atoms with van der Waals surface area (Å²) in [7, 11) is 1.57. The molecule has 0 saturated carbocycles. The Morgan fingerprint density at radius 3 is 2.49 bits per heavy atom. The Labute approximate surface area is 223 Å². The molecule has 0 bridgehead atoms. The third kappa shape index (κ3) is 6.16. The Balaban J connectivity index is 1.51. The third-order valence-electron chi connectivity index (χ3n) is 6.88. The SMILES string of the molecule is COc1cccc(C(=O)N(CC(=O)N2CCc3sccc3[C@H]2COc2ccc(C(C)C)cc2)C(C)C)c1. The Kier molecular flexibility index (Phi) is 8.54. The topological polar surface area (TPSA) is 59.1 Å². The zero-order valence-corrected chi connectivity index (χ0v) is 23.1. The van der Waals surface area contributed by atoms with Crippen LogP contribution in [-0.4, -0.2) is 54.5 Å². The zero-order chi connectivity index (χ0) is 26.5. The molecule has 196 valence electrons. The minimum Gasteiger partial charge on any atom is -0.497 e. The summed E-state index contributed by atoms with van der Waals surface area (Å²) in [6.45, 7) is 9.17. The maximum atomic E-state index is 13.7. The van der Waals surface area contributed by atoms with Crippen molar-refractivity contribution in [2.45, 2.75) is 52.1 Å². The fraction of sp³-hybridized carbons (Fsp3) is 0.400. The van der Waals surface area contributed by atoms with Crippen molar-refractivity contribution in [3.8, 4) is 11.5 Å². The lowest BCUT2D eigenvalue weighted by molar-refractivity contribution is -0.136. The number of thiophene rings is 1. The molecule has 1 atom stereocenters. The maximum Gasteiger partial charge on any atom is 0.254 e. The Bertz CT molecular complexity index is 1220. The van der Waals surface area contributed by atoms with E-state index in [1.165, 1.54) is 10.4 Å². The molecule has 1 aliphatic rings. The van der Waals surface area contributed by atoms with Crippen LogP contribution in [0.1, 0.15) is 66.0 Å². The lowest BCUT2D eigenvalue weighted by Crippen LogP contribution is -2.49. The molecule has 37 heavy (non-hydrogen) atoms. The highest BCUT2D eigenvalue weighted by Gasteiger charge is 2.34. The van der Waals surface area contributed by atoms with Crippen LogP contribution in [0.3, 0.4) is 0 Å². The normalized spacial score (nSPS) is 15.0. The summed E-state index contributed by atoms with van der Waals surface area (Å²) in [5, 5.41) is 2.08. The summed E-state index contributed by atoms with van der Waals surface area (Å²) in [5.74, 6) is 1.59. The lowest BCUT2D eigenvalue weighted by Gasteiger charge is -2.37. The first-order valence-corrected chi connectivity index (χ1v) is 13.7. The molecular weight excluding hydrogens is 484 g/mol. The molecule has 0 N–H and O–H groups in total. The monoisotopic (exact) mass is 520 g/mol. The van der Waals surface area contributed by atoms with Gasteiger partial charge in [0.05, 0.1) is 13.2 Å². The average Bonchev–Trinajstić information content (AvgIpc) is 3.39. The van der Waals surface area contributed by atoms with Crippen LogP contribution < -0.4 is 9.47 Å². The van der Waals surface area contributed by atoms with E-state index in [1.54, 1.807) is 47.6 Å². The summed E-state index contributed by atoms with van der Waals surface area (Å²) in [6, 6.07) is 17.0. The number of nitrogens with zero attached hydrogens (tertiary/aromatic N) is 2. The predicted octanol–water partition coefficient (Wildman–Crippen LogP) is 5.94. The molecule has 0 fully saturated rings. The molecule has 0 radical (unpaired) electrons. The number of rotatable bonds is 9. The van der Waals surface area contributed by atoms with E-state index in [4.69, 9.17) is 9.47 Å². The van der Waals surface area contributed by atoms with Crippen LogP contribution in [0.2, 0.25) is 0 Å². The van der Waals surface area contributed by atoms with Crippen LogP contribution in [0.5, 0.6) is 11.5 Å². The van der Waals surface area contributed by atoms with E-state index in [1.807, 2.05) is 30.9 Å². The van der Waals surface area contributed by atoms with Crippen LogP contribution in [0, 0.1) is 0 Å². The zero-order valence-electron chi connectivity index (χ0n) is 22.3. The molecule has 2 heterocycles. The van der Waals surface area contributed by atoms with Crippen molar-refractivity contribution in [3.63, 3.8) is 0 Å². The van der Waals surface area contributed by atoms with E-state index in [-0.39, 0.29) is 30.4 Å². The molecule has 0 aliphatic carbocycles. The van der Waals surface area contributed by atoms with Crippen LogP contribution >= 0.6 is 11.3 Å². The second kappa shape index (κ2) is 11.8. The quantitative estimate of drug-likeness (QED) is 0.351. The van der Waals surface area contributed by atoms with Gasteiger partial charge in [0.15, 0.2) is 0 Å². The lowest BCUT2D eigenvalue weighted by atomic mass is 10.00. The van der Waals surface area contributed by atoms with Crippen molar-refractivity contribution in [3.05, 3.63) is 81.5 Å². The summed E-state index contributed by atoms with van der Waals surface area (Å²) >= 11 is 1.72. The Morgan fingerprint density at radius 2 is 1.81 bits per heavy atom. The molecular formula is C30H36N2O4S. The van der Waals surface area contributed by atoms with Gasteiger partial charge in [0.1, 0.15) is 24.7 Å². The molecule has 2 amide bonds. The maximum absolute atomic E-state index is 13.7. The summed E-state index contributed by atoms with van der Waals surface area (Å²) < 4.78 is 11.5. The second-order valence-corrected chi connectivity index (χ2v) is 10.9. The van der Waals surface area contributed by atoms with Crippen molar-refractivity contribution in [2.75, 3.05) is 26.8 Å². The van der Waals surface area contributed by atoms with Gasteiger partial charge in [-0.15, -0.1) is 11.3 Å². The Hall–Kier alpha value is -3.32. The van der Waals surface area contributed by atoms with Gasteiger partial charge in [0.2, 0.25) is 5.91 Å². The van der Waals surface area contributed by atoms with Gasteiger partial charge in [0, 0.05) is 23.0 Å². The largest absolute Gasteiger partial charge is 0.497 e. The van der Waals surface area contributed by atoms with Gasteiger partial charge in [-0.1, -0.05) is 32.0 Å². The van der Waals surface area contributed by atoms with Gasteiger partial charge in [-0.2, -0.15) is 0 Å². The fourth-order valence-corrected chi connectivity index (χ4v) is 5.57. The van der Waals surface area contributed by atoms with Crippen molar-refractivity contribution in [1.29, 1.82) is 0 Å². The van der Waals surface area contributed by atoms with E-state index in [0.29, 0.717) is 30.4 Å². The van der Waals surface area contributed by atoms with Crippen LogP contribution in [-0.2, 0) is 11.2 Å². The first-order chi connectivity index (χ1) is 17.8. The van der Waals surface area contributed by atoms with Crippen molar-refractivity contribution >= 4 is 23.2 Å². The fourth-order valence-electron chi connectivity index (χ4n) is 4.65. The number of fused-ring (bicyclic) bond motifs is 1. The van der Waals surface area contributed by atoms with Crippen LogP contribution in [0.15, 0.2) is 60.0 Å². The minimum atomic E-state index is -0.201. The van der Waals surface area contributed by atoms with Crippen LogP contribution in [0.25, 0.3) is 0 Å². The number of carbonyl (C=O) groups excluding carboxylic acids is 2. The number of benzene rings is 2. The number of hydrogen-bond donors (Lipinski definition) is 0. The smallest absolute Gasteiger partial charge is 0.254 e. The molecule has 0 spiro atoms. The number of hydrogen-bond acceptors (Lipinski definition) is 5. The van der Waals surface area contributed by atoms with Gasteiger partial charge >= 0.3 is 0 Å². The molecule has 2 aromatic carbocycles. The molecule has 3 aromatic rings. The van der Waals surface area contributed by atoms with Crippen molar-refractivity contribution in [2.24, 2.45) is 0 Å². The highest BCUT2D eigenvalue weighted by atomic mass is 32.1. The van der Waals surface area contributed by atoms with Gasteiger partial charge in [-0.25, -0.2) is 0 Å². The van der Waals surface area contributed by atoms with E-state index in [0.717, 1.165) is 17.7 Å². The van der Waals surface area contributed by atoms with E-state index < -0.39 is 0 Å². The first-order valence-electron chi connectivity index (χ1n) is 12.8. The second-order valence-electron chi connectivity index (χ2n) is 9.95. The molecule has 6 nitrogen and oxygen atoms in total. The van der Waals surface area contributed by atoms with Gasteiger partial charge in [0.25, 0.3) is 5.91 Å². The number of amides is 2. The summed E-state index contributed by atoms with van der Waals surface area (Å²) in [4.78, 5) is 31.9. The number of carbonyl (C=O) groups is 2. The minimum absolute atomic E-state index is 0.00671. The van der Waals surface area contributed by atoms with Crippen molar-refractivity contribution in [1.82, 2.24) is 9.80 Å². The van der Waals surface area contributed by atoms with Gasteiger partial charge < -0.3 is 19.3 Å². The first kappa shape index (κ1) is 26.7. The average molecular weight is 521 g/mol. The third-order valence-corrected chi connectivity index (χ3v) is 7.87. The highest BCUT2D eigenvalue weighted by molar-refractivity contribution is 7.10. The number of methoxy groups -OCH3 is 1. The van der Waals surface area contributed by atoms with E-state index >= 15 is 0 Å². The van der Waals surface area contributed by atoms with E-state index in [9.17, 15) is 9.59 Å². The standard InChI is InChI=1S/C30H36N2O4S/c1-20(2)22-9-11-24(12-10-22)36-19-27-26-14-16-37-28(26)13-15-31(27)29(33)18-32(21(3)4)30(34)23-7-6-8-25(17-23)35-5/h6-12,14,16-17,20-21,27H,13,15,18-19H2,1-5H3/t27-/m1/s1. The summed E-state index contributed by atoms with van der Waals surface area (Å²) in [6.07, 6.45) is 0.809. The van der Waals surface area contributed by atoms with Gasteiger partial charge in [-0.05, 0) is 79.1 Å². The van der Waals surface area contributed by atoms with E-state index in [2.05, 4.69) is 37.4 Å². The number of ether oxygens (including phenoxy) is 2. The molecule has 1 aromatic heterocycles. The molecule has 1 aliphatic heterocycles. The molecule has 4 rings (SSSR count). The van der Waals surface area contributed by atoms with Gasteiger partial charge in [-0.3, -0.25) is 9.59 Å². The van der Waals surface area contributed by atoms with Crippen molar-refractivity contribution < 1.29 is 19.1 Å². The Morgan fingerprint density at radius 1 is 1.05 bits per heavy atom. The predicted molar refractivity (Wildman–Crippen MR) is 148 cm³/mol. The summed E-state index contributed by atoms with van der Waals surface area (Å²) in [5.41, 5.74) is 2.90.